The van der Waals surface area contributed by atoms with Gasteiger partial charge in [0, 0.05) is 5.56 Å². The first-order valence-corrected chi connectivity index (χ1v) is 6.50. The second kappa shape index (κ2) is 5.97. The molecule has 1 aliphatic heterocycles. The highest BCUT2D eigenvalue weighted by molar-refractivity contribution is 5.96. The van der Waals surface area contributed by atoms with Gasteiger partial charge in [-0.3, -0.25) is 4.79 Å². The molecule has 1 fully saturated rings. The molecule has 0 unspecified atom stereocenters. The molecule has 1 aromatic rings. The van der Waals surface area contributed by atoms with Gasteiger partial charge >= 0.3 is 5.97 Å². The van der Waals surface area contributed by atoms with E-state index in [1.165, 1.54) is 6.92 Å². The van der Waals surface area contributed by atoms with E-state index in [1.807, 2.05) is 6.92 Å². The van der Waals surface area contributed by atoms with Crippen LogP contribution < -0.4 is 0 Å². The molecule has 0 amide bonds. The molecule has 2 rings (SSSR count). The summed E-state index contributed by atoms with van der Waals surface area (Å²) < 4.78 is 10.8. The zero-order valence-corrected chi connectivity index (χ0v) is 11.2. The van der Waals surface area contributed by atoms with E-state index in [0.717, 1.165) is 12.8 Å². The van der Waals surface area contributed by atoms with Crippen LogP contribution in [0.2, 0.25) is 0 Å². The van der Waals surface area contributed by atoms with Crippen molar-refractivity contribution >= 4 is 11.8 Å². The number of ether oxygens (including phenoxy) is 2. The van der Waals surface area contributed by atoms with Crippen LogP contribution >= 0.6 is 0 Å². The van der Waals surface area contributed by atoms with Gasteiger partial charge in [0.1, 0.15) is 6.61 Å². The van der Waals surface area contributed by atoms with Gasteiger partial charge < -0.3 is 9.47 Å². The lowest BCUT2D eigenvalue weighted by Gasteiger charge is -2.11. The van der Waals surface area contributed by atoms with Crippen molar-refractivity contribution in [2.24, 2.45) is 0 Å². The third kappa shape index (κ3) is 3.64. The third-order valence-corrected chi connectivity index (χ3v) is 3.25. The summed E-state index contributed by atoms with van der Waals surface area (Å²) in [7, 11) is 0. The van der Waals surface area contributed by atoms with E-state index in [2.05, 4.69) is 0 Å². The van der Waals surface area contributed by atoms with Crippen molar-refractivity contribution in [3.63, 3.8) is 0 Å². The van der Waals surface area contributed by atoms with Gasteiger partial charge in [-0.2, -0.15) is 0 Å². The summed E-state index contributed by atoms with van der Waals surface area (Å²) in [6, 6.07) is 6.48. The van der Waals surface area contributed by atoms with Crippen LogP contribution in [0.25, 0.3) is 0 Å². The molecule has 1 aliphatic rings. The zero-order chi connectivity index (χ0) is 13.8. The number of benzene rings is 1. The summed E-state index contributed by atoms with van der Waals surface area (Å²) >= 11 is 0. The molecule has 4 heteroatoms. The Morgan fingerprint density at radius 3 is 2.37 bits per heavy atom. The number of ketones is 1. The zero-order valence-electron chi connectivity index (χ0n) is 11.2. The molecule has 1 heterocycles. The fourth-order valence-electron chi connectivity index (χ4n) is 2.10. The van der Waals surface area contributed by atoms with Gasteiger partial charge in [0.15, 0.2) is 5.78 Å². The molecule has 1 saturated heterocycles. The van der Waals surface area contributed by atoms with E-state index in [0.29, 0.717) is 11.1 Å². The Hall–Kier alpha value is -1.68. The summed E-state index contributed by atoms with van der Waals surface area (Å²) in [5, 5.41) is 0. The van der Waals surface area contributed by atoms with Crippen molar-refractivity contribution in [2.45, 2.75) is 38.9 Å². The van der Waals surface area contributed by atoms with E-state index in [-0.39, 0.29) is 30.6 Å². The Morgan fingerprint density at radius 1 is 1.21 bits per heavy atom. The fraction of sp³-hybridized carbons (Fsp3) is 0.467. The van der Waals surface area contributed by atoms with Crippen LogP contribution in [0.1, 0.15) is 47.4 Å². The molecule has 4 nitrogen and oxygen atoms in total. The van der Waals surface area contributed by atoms with Gasteiger partial charge in [0.2, 0.25) is 0 Å². The summed E-state index contributed by atoms with van der Waals surface area (Å²) in [5.41, 5.74) is 1.04. The third-order valence-electron chi connectivity index (χ3n) is 3.25. The summed E-state index contributed by atoms with van der Waals surface area (Å²) in [5.74, 6) is -0.397. The van der Waals surface area contributed by atoms with E-state index < -0.39 is 0 Å². The first-order chi connectivity index (χ1) is 9.06. The van der Waals surface area contributed by atoms with E-state index in [4.69, 9.17) is 9.47 Å². The monoisotopic (exact) mass is 262 g/mol. The van der Waals surface area contributed by atoms with Crippen LogP contribution in [-0.2, 0) is 9.47 Å². The summed E-state index contributed by atoms with van der Waals surface area (Å²) in [6.07, 6.45) is 2.20. The minimum atomic E-state index is -0.377. The number of hydrogen-bond donors (Lipinski definition) is 0. The largest absolute Gasteiger partial charge is 0.459 e. The Balaban J connectivity index is 1.87. The van der Waals surface area contributed by atoms with Crippen LogP contribution in [0.5, 0.6) is 0 Å². The van der Waals surface area contributed by atoms with Crippen LogP contribution in [0, 0.1) is 0 Å². The van der Waals surface area contributed by atoms with Gasteiger partial charge in [0.05, 0.1) is 17.8 Å². The van der Waals surface area contributed by atoms with Crippen molar-refractivity contribution in [1.29, 1.82) is 0 Å². The van der Waals surface area contributed by atoms with Gasteiger partial charge in [-0.15, -0.1) is 0 Å². The molecule has 0 bridgehead atoms. The highest BCUT2D eigenvalue weighted by Crippen LogP contribution is 2.19. The molecule has 0 aromatic heterocycles. The maximum atomic E-state index is 11.8. The maximum Gasteiger partial charge on any atom is 0.338 e. The number of hydrogen-bond acceptors (Lipinski definition) is 4. The Morgan fingerprint density at radius 2 is 1.84 bits per heavy atom. The molecular formula is C15H18O4. The van der Waals surface area contributed by atoms with Crippen molar-refractivity contribution < 1.29 is 19.1 Å². The average molecular weight is 262 g/mol. The minimum Gasteiger partial charge on any atom is -0.459 e. The molecule has 0 saturated carbocycles. The normalized spacial score (nSPS) is 22.2. The maximum absolute atomic E-state index is 11.8. The predicted molar refractivity (Wildman–Crippen MR) is 70.3 cm³/mol. The number of esters is 1. The molecule has 0 aliphatic carbocycles. The first kappa shape index (κ1) is 13.7. The summed E-state index contributed by atoms with van der Waals surface area (Å²) in [6.45, 7) is 3.80. The molecule has 102 valence electrons. The second-order valence-electron chi connectivity index (χ2n) is 4.88. The smallest absolute Gasteiger partial charge is 0.338 e. The number of carbonyl (C=O) groups excluding carboxylic acids is 2. The highest BCUT2D eigenvalue weighted by Gasteiger charge is 2.23. The van der Waals surface area contributed by atoms with Gasteiger partial charge in [-0.05, 0) is 38.8 Å². The highest BCUT2D eigenvalue weighted by atomic mass is 16.6. The van der Waals surface area contributed by atoms with Crippen LogP contribution in [0.15, 0.2) is 24.3 Å². The number of rotatable bonds is 4. The first-order valence-electron chi connectivity index (χ1n) is 6.50. The van der Waals surface area contributed by atoms with E-state index in [9.17, 15) is 9.59 Å². The van der Waals surface area contributed by atoms with E-state index >= 15 is 0 Å². The molecule has 0 radical (unpaired) electrons. The Kier molecular flexibility index (Phi) is 4.32. The molecule has 2 atom stereocenters. The molecule has 19 heavy (non-hydrogen) atoms. The number of Topliss-reactive ketones (excluding diaryl/α,β-unsaturated/α-hetero) is 1. The van der Waals surface area contributed by atoms with Crippen LogP contribution in [0.3, 0.4) is 0 Å². The van der Waals surface area contributed by atoms with Crippen LogP contribution in [0.4, 0.5) is 0 Å². The fourth-order valence-corrected chi connectivity index (χ4v) is 2.10. The average Bonchev–Trinajstić information content (AvgIpc) is 2.82. The lowest BCUT2D eigenvalue weighted by molar-refractivity contribution is -0.00266. The van der Waals surface area contributed by atoms with Crippen molar-refractivity contribution in [3.8, 4) is 0 Å². The van der Waals surface area contributed by atoms with E-state index in [1.54, 1.807) is 24.3 Å². The Bertz CT molecular complexity index is 464. The lowest BCUT2D eigenvalue weighted by Crippen LogP contribution is -2.19. The van der Waals surface area contributed by atoms with Crippen molar-refractivity contribution in [2.75, 3.05) is 6.61 Å². The van der Waals surface area contributed by atoms with Gasteiger partial charge in [0.25, 0.3) is 0 Å². The van der Waals surface area contributed by atoms with Gasteiger partial charge in [-0.25, -0.2) is 4.79 Å². The second-order valence-corrected chi connectivity index (χ2v) is 4.88. The van der Waals surface area contributed by atoms with Crippen molar-refractivity contribution in [1.82, 2.24) is 0 Å². The quantitative estimate of drug-likeness (QED) is 0.618. The van der Waals surface area contributed by atoms with Crippen LogP contribution in [-0.4, -0.2) is 30.6 Å². The predicted octanol–water partition coefficient (Wildman–Crippen LogP) is 2.61. The molecular weight excluding hydrogens is 244 g/mol. The topological polar surface area (TPSA) is 52.6 Å². The lowest BCUT2D eigenvalue weighted by atomic mass is 10.1. The molecule has 1 aromatic carbocycles. The standard InChI is InChI=1S/C15H18O4/c1-10-3-8-14(19-10)9-18-15(17)13-6-4-12(5-7-13)11(2)16/h4-7,10,14H,3,8-9H2,1-2H3/t10-,14+/m0/s1. The van der Waals surface area contributed by atoms with Crippen molar-refractivity contribution in [3.05, 3.63) is 35.4 Å². The summed E-state index contributed by atoms with van der Waals surface area (Å²) in [4.78, 5) is 22.9. The molecule has 0 N–H and O–H groups in total. The SMILES string of the molecule is CC(=O)c1ccc(C(=O)OC[C@H]2CC[C@H](C)O2)cc1. The minimum absolute atomic E-state index is 0.00967. The number of carbonyl (C=O) groups is 2. The van der Waals surface area contributed by atoms with Gasteiger partial charge in [-0.1, -0.05) is 12.1 Å². The molecule has 0 spiro atoms. The Labute approximate surface area is 112 Å².